The Kier molecular flexibility index (Phi) is 6.06. The van der Waals surface area contributed by atoms with E-state index in [0.29, 0.717) is 0 Å². The third-order valence-electron chi connectivity index (χ3n) is 4.67. The molecule has 0 amide bonds. The van der Waals surface area contributed by atoms with Crippen LogP contribution >= 0.6 is 34.8 Å². The van der Waals surface area contributed by atoms with Gasteiger partial charge in [0.2, 0.25) is 0 Å². The molecule has 0 unspecified atom stereocenters. The van der Waals surface area contributed by atoms with Crippen LogP contribution in [0.1, 0.15) is 16.7 Å². The molecule has 0 fully saturated rings. The molecule has 3 aromatic rings. The van der Waals surface area contributed by atoms with E-state index in [1.165, 1.54) is 0 Å². The lowest BCUT2D eigenvalue weighted by Gasteiger charge is -2.09. The maximum Gasteiger partial charge on any atom is 0.0406 e. The van der Waals surface area contributed by atoms with Crippen LogP contribution in [0.25, 0.3) is 17.2 Å². The van der Waals surface area contributed by atoms with Crippen LogP contribution < -0.4 is 0 Å². The Balaban J connectivity index is 1.69. The first kappa shape index (κ1) is 19.8. The molecule has 0 aromatic heterocycles. The second-order valence-corrected chi connectivity index (χ2v) is 8.02. The van der Waals surface area contributed by atoms with Crippen molar-refractivity contribution in [3.05, 3.63) is 134 Å². The van der Waals surface area contributed by atoms with Crippen molar-refractivity contribution in [1.29, 1.82) is 0 Å². The number of hydrogen-bond donors (Lipinski definition) is 0. The molecule has 0 saturated carbocycles. The molecule has 0 nitrogen and oxygen atoms in total. The van der Waals surface area contributed by atoms with Crippen LogP contribution in [0.4, 0.5) is 0 Å². The van der Waals surface area contributed by atoms with Crippen molar-refractivity contribution in [2.45, 2.75) is 0 Å². The summed E-state index contributed by atoms with van der Waals surface area (Å²) in [7, 11) is 0. The molecule has 0 aliphatic heterocycles. The van der Waals surface area contributed by atoms with Gasteiger partial charge < -0.3 is 0 Å². The van der Waals surface area contributed by atoms with Gasteiger partial charge in [-0.3, -0.25) is 0 Å². The smallest absolute Gasteiger partial charge is 0.0406 e. The Morgan fingerprint density at radius 3 is 1.38 bits per heavy atom. The summed E-state index contributed by atoms with van der Waals surface area (Å²) in [6.45, 7) is 0. The summed E-state index contributed by atoms with van der Waals surface area (Å²) < 4.78 is 0. The SMILES string of the molecule is Clc1ccc(/C=C/C=C2C=C(c3ccc(Cl)cc3)C(c3ccc(Cl)cc3)=C2)cc1. The van der Waals surface area contributed by atoms with Gasteiger partial charge in [-0.25, -0.2) is 0 Å². The number of rotatable bonds is 4. The third-order valence-corrected chi connectivity index (χ3v) is 5.43. The van der Waals surface area contributed by atoms with Crippen molar-refractivity contribution in [2.24, 2.45) is 0 Å². The van der Waals surface area contributed by atoms with Gasteiger partial charge in [0.1, 0.15) is 0 Å². The summed E-state index contributed by atoms with van der Waals surface area (Å²) in [6, 6.07) is 23.6. The van der Waals surface area contributed by atoms with Crippen molar-refractivity contribution in [3.8, 4) is 0 Å². The first-order chi connectivity index (χ1) is 14.1. The van der Waals surface area contributed by atoms with Gasteiger partial charge in [-0.1, -0.05) is 89.4 Å². The van der Waals surface area contributed by atoms with Gasteiger partial charge in [0, 0.05) is 15.1 Å². The van der Waals surface area contributed by atoms with Gasteiger partial charge in [-0.2, -0.15) is 0 Å². The van der Waals surface area contributed by atoms with Gasteiger partial charge in [0.25, 0.3) is 0 Å². The molecule has 0 bridgehead atoms. The molecule has 1 aliphatic rings. The second-order valence-electron chi connectivity index (χ2n) is 6.71. The summed E-state index contributed by atoms with van der Waals surface area (Å²) >= 11 is 18.1. The molecule has 142 valence electrons. The zero-order valence-electron chi connectivity index (χ0n) is 15.4. The van der Waals surface area contributed by atoms with E-state index in [1.807, 2.05) is 72.8 Å². The van der Waals surface area contributed by atoms with Crippen LogP contribution in [-0.4, -0.2) is 0 Å². The zero-order valence-corrected chi connectivity index (χ0v) is 17.7. The topological polar surface area (TPSA) is 0 Å². The molecule has 0 saturated heterocycles. The largest absolute Gasteiger partial charge is 0.0843 e. The van der Waals surface area contributed by atoms with Crippen LogP contribution in [0.3, 0.4) is 0 Å². The highest BCUT2D eigenvalue weighted by atomic mass is 35.5. The van der Waals surface area contributed by atoms with Gasteiger partial charge in [0.05, 0.1) is 0 Å². The number of benzene rings is 3. The van der Waals surface area contributed by atoms with E-state index in [4.69, 9.17) is 34.8 Å². The Labute approximate surface area is 186 Å². The third kappa shape index (κ3) is 4.92. The fraction of sp³-hybridized carbons (Fsp3) is 0. The van der Waals surface area contributed by atoms with E-state index in [0.717, 1.165) is 48.5 Å². The number of allylic oxidation sites excluding steroid dienone is 7. The van der Waals surface area contributed by atoms with Gasteiger partial charge in [0.15, 0.2) is 0 Å². The summed E-state index contributed by atoms with van der Waals surface area (Å²) in [4.78, 5) is 0. The average molecular weight is 436 g/mol. The molecule has 3 heteroatoms. The fourth-order valence-electron chi connectivity index (χ4n) is 3.21. The van der Waals surface area contributed by atoms with Crippen LogP contribution in [0.15, 0.2) is 103 Å². The highest BCUT2D eigenvalue weighted by molar-refractivity contribution is 6.31. The standard InChI is InChI=1S/C26H17Cl3/c27-22-10-4-18(5-11-22)2-1-3-19-16-25(20-6-12-23(28)13-7-20)26(17-19)21-8-14-24(29)15-9-21/h1-17H/b2-1+. The molecular weight excluding hydrogens is 419 g/mol. The monoisotopic (exact) mass is 434 g/mol. The van der Waals surface area contributed by atoms with Gasteiger partial charge >= 0.3 is 0 Å². The molecule has 0 heterocycles. The minimum absolute atomic E-state index is 0.728. The molecule has 0 radical (unpaired) electrons. The quantitative estimate of drug-likeness (QED) is 0.384. The van der Waals surface area contributed by atoms with Gasteiger partial charge in [-0.05, 0) is 82.0 Å². The summed E-state index contributed by atoms with van der Waals surface area (Å²) in [5, 5.41) is 2.19. The lowest BCUT2D eigenvalue weighted by Crippen LogP contribution is -1.87. The summed E-state index contributed by atoms with van der Waals surface area (Å²) in [5.41, 5.74) is 6.81. The lowest BCUT2D eigenvalue weighted by atomic mass is 9.95. The predicted molar refractivity (Wildman–Crippen MR) is 127 cm³/mol. The number of halogens is 3. The van der Waals surface area contributed by atoms with Crippen molar-refractivity contribution in [3.63, 3.8) is 0 Å². The van der Waals surface area contributed by atoms with Crippen LogP contribution in [0.5, 0.6) is 0 Å². The molecule has 1 aliphatic carbocycles. The Bertz CT molecular complexity index is 1060. The number of hydrogen-bond acceptors (Lipinski definition) is 0. The van der Waals surface area contributed by atoms with Crippen molar-refractivity contribution in [2.75, 3.05) is 0 Å². The molecule has 29 heavy (non-hydrogen) atoms. The average Bonchev–Trinajstić information content (AvgIpc) is 3.15. The molecule has 0 N–H and O–H groups in total. The maximum atomic E-state index is 6.08. The van der Waals surface area contributed by atoms with E-state index >= 15 is 0 Å². The Morgan fingerprint density at radius 1 is 0.517 bits per heavy atom. The van der Waals surface area contributed by atoms with Crippen LogP contribution in [-0.2, 0) is 0 Å². The molecule has 3 aromatic carbocycles. The van der Waals surface area contributed by atoms with E-state index in [9.17, 15) is 0 Å². The first-order valence-electron chi connectivity index (χ1n) is 9.18. The van der Waals surface area contributed by atoms with E-state index in [2.05, 4.69) is 30.4 Å². The Morgan fingerprint density at radius 2 is 0.931 bits per heavy atom. The minimum Gasteiger partial charge on any atom is -0.0843 e. The first-order valence-corrected chi connectivity index (χ1v) is 10.3. The van der Waals surface area contributed by atoms with Gasteiger partial charge in [-0.15, -0.1) is 0 Å². The maximum absolute atomic E-state index is 6.08. The molecule has 4 rings (SSSR count). The summed E-state index contributed by atoms with van der Waals surface area (Å²) in [6.07, 6.45) is 10.6. The fourth-order valence-corrected chi connectivity index (χ4v) is 3.59. The van der Waals surface area contributed by atoms with E-state index < -0.39 is 0 Å². The lowest BCUT2D eigenvalue weighted by molar-refractivity contribution is 1.59. The zero-order chi connectivity index (χ0) is 20.2. The highest BCUT2D eigenvalue weighted by Crippen LogP contribution is 2.39. The van der Waals surface area contributed by atoms with Crippen molar-refractivity contribution >= 4 is 52.0 Å². The highest BCUT2D eigenvalue weighted by Gasteiger charge is 2.16. The van der Waals surface area contributed by atoms with Crippen molar-refractivity contribution in [1.82, 2.24) is 0 Å². The molecule has 0 spiro atoms. The van der Waals surface area contributed by atoms with Crippen LogP contribution in [0.2, 0.25) is 15.1 Å². The van der Waals surface area contributed by atoms with E-state index in [1.54, 1.807) is 0 Å². The van der Waals surface area contributed by atoms with Crippen molar-refractivity contribution < 1.29 is 0 Å². The minimum atomic E-state index is 0.728. The summed E-state index contributed by atoms with van der Waals surface area (Å²) in [5.74, 6) is 0. The van der Waals surface area contributed by atoms with E-state index in [-0.39, 0.29) is 0 Å². The normalized spacial score (nSPS) is 13.6. The molecule has 0 atom stereocenters. The molecular formula is C26H17Cl3. The predicted octanol–water partition coefficient (Wildman–Crippen LogP) is 8.77. The second kappa shape index (κ2) is 8.88. The van der Waals surface area contributed by atoms with Crippen LogP contribution in [0, 0.1) is 0 Å². The Hall–Kier alpha value is -2.51.